The van der Waals surface area contributed by atoms with Gasteiger partial charge in [0.1, 0.15) is 0 Å². The summed E-state index contributed by atoms with van der Waals surface area (Å²) < 4.78 is 22.6. The number of amides is 2. The van der Waals surface area contributed by atoms with Crippen LogP contribution in [0.15, 0.2) is 47.4 Å². The fourth-order valence-corrected chi connectivity index (χ4v) is 3.91. The van der Waals surface area contributed by atoms with Gasteiger partial charge in [-0.2, -0.15) is 0 Å². The molecule has 0 saturated carbocycles. The van der Waals surface area contributed by atoms with E-state index in [1.807, 2.05) is 19.9 Å². The summed E-state index contributed by atoms with van der Waals surface area (Å²) in [5.41, 5.74) is 3.11. The van der Waals surface area contributed by atoms with Gasteiger partial charge in [-0.05, 0) is 73.1 Å². The molecular weight excluding hydrogens is 374 g/mol. The molecule has 1 saturated heterocycles. The van der Waals surface area contributed by atoms with Gasteiger partial charge in [0.15, 0.2) is 5.37 Å². The molecule has 0 aliphatic carbocycles. The van der Waals surface area contributed by atoms with E-state index in [-0.39, 0.29) is 16.0 Å². The molecule has 0 unspecified atom stereocenters. The molecule has 0 aromatic heterocycles. The summed E-state index contributed by atoms with van der Waals surface area (Å²) in [5, 5.41) is 6.85. The number of nitrogens with two attached hydrogens (primary N) is 1. The predicted octanol–water partition coefficient (Wildman–Crippen LogP) is 2.59. The molecule has 3 rings (SSSR count). The number of nitrogens with zero attached hydrogens (tertiary/aromatic N) is 1. The number of rotatable bonds is 4. The number of hydrogen-bond acceptors (Lipinski definition) is 6. The number of benzene rings is 2. The van der Waals surface area contributed by atoms with Crippen molar-refractivity contribution in [1.29, 1.82) is 0 Å². The molecular formula is C17H17N3O4S2. The molecule has 3 N–H and O–H groups in total. The minimum atomic E-state index is -3.78. The van der Waals surface area contributed by atoms with E-state index < -0.39 is 15.4 Å². The average molecular weight is 391 g/mol. The molecule has 2 amide bonds. The number of thioether (sulfide) groups is 1. The first-order valence-corrected chi connectivity index (χ1v) is 10.1. The highest BCUT2D eigenvalue weighted by atomic mass is 32.2. The SMILES string of the molecule is Cc1ccc(N2C(=O)S[C@@H](Nc3ccc(S(N)(=O)=O)cc3)C2=O)cc1C. The third-order valence-corrected chi connectivity index (χ3v) is 5.94. The van der Waals surface area contributed by atoms with Crippen LogP contribution in [-0.4, -0.2) is 24.9 Å². The van der Waals surface area contributed by atoms with Crippen LogP contribution in [0.2, 0.25) is 0 Å². The topological polar surface area (TPSA) is 110 Å². The van der Waals surface area contributed by atoms with Crippen LogP contribution >= 0.6 is 11.8 Å². The van der Waals surface area contributed by atoms with E-state index >= 15 is 0 Å². The van der Waals surface area contributed by atoms with Gasteiger partial charge in [0.2, 0.25) is 10.0 Å². The second kappa shape index (κ2) is 6.75. The smallest absolute Gasteiger partial charge is 0.295 e. The van der Waals surface area contributed by atoms with Crippen molar-refractivity contribution >= 4 is 44.3 Å². The molecule has 9 heteroatoms. The fraction of sp³-hybridized carbons (Fsp3) is 0.176. The lowest BCUT2D eigenvalue weighted by molar-refractivity contribution is -0.116. The number of anilines is 2. The van der Waals surface area contributed by atoms with Crippen molar-refractivity contribution in [3.8, 4) is 0 Å². The Bertz CT molecular complexity index is 988. The van der Waals surface area contributed by atoms with Crippen molar-refractivity contribution in [2.24, 2.45) is 5.14 Å². The Morgan fingerprint density at radius 2 is 1.69 bits per heavy atom. The van der Waals surface area contributed by atoms with E-state index in [4.69, 9.17) is 5.14 Å². The number of hydrogen-bond donors (Lipinski definition) is 2. The first kappa shape index (κ1) is 18.4. The summed E-state index contributed by atoms with van der Waals surface area (Å²) in [6.07, 6.45) is 0. The van der Waals surface area contributed by atoms with Crippen LogP contribution in [-0.2, 0) is 14.8 Å². The van der Waals surface area contributed by atoms with Crippen LogP contribution in [0, 0.1) is 13.8 Å². The molecule has 0 bridgehead atoms. The van der Waals surface area contributed by atoms with E-state index in [0.29, 0.717) is 11.4 Å². The first-order chi connectivity index (χ1) is 12.2. The molecule has 1 aliphatic heterocycles. The molecule has 0 spiro atoms. The van der Waals surface area contributed by atoms with Gasteiger partial charge in [-0.25, -0.2) is 18.5 Å². The average Bonchev–Trinajstić information content (AvgIpc) is 2.84. The quantitative estimate of drug-likeness (QED) is 0.829. The minimum absolute atomic E-state index is 0.0266. The van der Waals surface area contributed by atoms with Gasteiger partial charge in [-0.3, -0.25) is 9.59 Å². The van der Waals surface area contributed by atoms with Crippen LogP contribution < -0.4 is 15.4 Å². The lowest BCUT2D eigenvalue weighted by Gasteiger charge is -2.16. The summed E-state index contributed by atoms with van der Waals surface area (Å²) in [6.45, 7) is 3.87. The van der Waals surface area contributed by atoms with E-state index in [1.165, 1.54) is 24.3 Å². The van der Waals surface area contributed by atoms with Crippen LogP contribution in [0.1, 0.15) is 11.1 Å². The van der Waals surface area contributed by atoms with E-state index in [9.17, 15) is 18.0 Å². The van der Waals surface area contributed by atoms with Crippen molar-refractivity contribution in [2.75, 3.05) is 10.2 Å². The molecule has 2 aromatic rings. The highest BCUT2D eigenvalue weighted by molar-refractivity contribution is 8.16. The van der Waals surface area contributed by atoms with Crippen molar-refractivity contribution in [2.45, 2.75) is 24.1 Å². The second-order valence-corrected chi connectivity index (χ2v) is 8.54. The Balaban J connectivity index is 1.79. The molecule has 0 radical (unpaired) electrons. The molecule has 2 aromatic carbocycles. The van der Waals surface area contributed by atoms with Crippen molar-refractivity contribution in [3.05, 3.63) is 53.6 Å². The number of carbonyl (C=O) groups excluding carboxylic acids is 2. The summed E-state index contributed by atoms with van der Waals surface area (Å²) >= 11 is 0.875. The molecule has 1 atom stereocenters. The number of nitrogens with one attached hydrogen (secondary N) is 1. The molecule has 1 heterocycles. The highest BCUT2D eigenvalue weighted by Crippen LogP contribution is 2.33. The van der Waals surface area contributed by atoms with Crippen molar-refractivity contribution < 1.29 is 18.0 Å². The third kappa shape index (κ3) is 3.59. The van der Waals surface area contributed by atoms with Crippen molar-refractivity contribution in [1.82, 2.24) is 0 Å². The Labute approximate surface area is 155 Å². The second-order valence-electron chi connectivity index (χ2n) is 5.92. The number of aryl methyl sites for hydroxylation is 2. The third-order valence-electron chi connectivity index (χ3n) is 4.08. The monoisotopic (exact) mass is 391 g/mol. The van der Waals surface area contributed by atoms with Crippen LogP contribution in [0.4, 0.5) is 16.2 Å². The maximum absolute atomic E-state index is 12.6. The molecule has 1 aliphatic rings. The van der Waals surface area contributed by atoms with Crippen LogP contribution in [0.5, 0.6) is 0 Å². The molecule has 7 nitrogen and oxygen atoms in total. The Morgan fingerprint density at radius 1 is 1.04 bits per heavy atom. The fourth-order valence-electron chi connectivity index (χ4n) is 2.49. The maximum Gasteiger partial charge on any atom is 0.295 e. The summed E-state index contributed by atoms with van der Waals surface area (Å²) in [5.74, 6) is -0.376. The summed E-state index contributed by atoms with van der Waals surface area (Å²) in [6, 6.07) is 11.1. The van der Waals surface area contributed by atoms with Gasteiger partial charge in [0.25, 0.3) is 11.1 Å². The van der Waals surface area contributed by atoms with Gasteiger partial charge < -0.3 is 5.32 Å². The molecule has 1 fully saturated rings. The van der Waals surface area contributed by atoms with Crippen LogP contribution in [0.3, 0.4) is 0 Å². The zero-order valence-electron chi connectivity index (χ0n) is 14.1. The van der Waals surface area contributed by atoms with Crippen LogP contribution in [0.25, 0.3) is 0 Å². The van der Waals surface area contributed by atoms with Gasteiger partial charge in [0, 0.05) is 5.69 Å². The Morgan fingerprint density at radius 3 is 2.27 bits per heavy atom. The first-order valence-electron chi connectivity index (χ1n) is 7.68. The normalized spacial score (nSPS) is 17.7. The van der Waals surface area contributed by atoms with Gasteiger partial charge in [0.05, 0.1) is 10.6 Å². The maximum atomic E-state index is 12.6. The van der Waals surface area contributed by atoms with Crippen molar-refractivity contribution in [3.63, 3.8) is 0 Å². The van der Waals surface area contributed by atoms with E-state index in [0.717, 1.165) is 27.8 Å². The molecule has 26 heavy (non-hydrogen) atoms. The van der Waals surface area contributed by atoms with Gasteiger partial charge in [-0.1, -0.05) is 6.07 Å². The number of imide groups is 1. The van der Waals surface area contributed by atoms with E-state index in [1.54, 1.807) is 12.1 Å². The minimum Gasteiger partial charge on any atom is -0.365 e. The van der Waals surface area contributed by atoms with E-state index in [2.05, 4.69) is 5.32 Å². The standard InChI is InChI=1S/C17H17N3O4S2/c1-10-3-6-13(9-11(10)2)20-16(21)15(25-17(20)22)19-12-4-7-14(8-5-12)26(18,23)24/h3-9,15,19H,1-2H3,(H2,18,23,24)/t15-/m1/s1. The highest BCUT2D eigenvalue weighted by Gasteiger charge is 2.40. The zero-order valence-corrected chi connectivity index (χ0v) is 15.7. The lowest BCUT2D eigenvalue weighted by Crippen LogP contribution is -2.34. The Hall–Kier alpha value is -2.36. The lowest BCUT2D eigenvalue weighted by atomic mass is 10.1. The number of carbonyl (C=O) groups is 2. The van der Waals surface area contributed by atoms with Gasteiger partial charge in [-0.15, -0.1) is 0 Å². The summed E-state index contributed by atoms with van der Waals surface area (Å²) in [4.78, 5) is 26.1. The molecule has 136 valence electrons. The summed E-state index contributed by atoms with van der Waals surface area (Å²) in [7, 11) is -3.78. The largest absolute Gasteiger partial charge is 0.365 e. The zero-order chi connectivity index (χ0) is 19.1. The van der Waals surface area contributed by atoms with Gasteiger partial charge >= 0.3 is 0 Å². The Kier molecular flexibility index (Phi) is 4.78. The predicted molar refractivity (Wildman–Crippen MR) is 102 cm³/mol. The number of sulfonamides is 1. The number of primary sulfonamides is 1.